The van der Waals surface area contributed by atoms with Gasteiger partial charge in [-0.1, -0.05) is 24.3 Å². The third-order valence-corrected chi connectivity index (χ3v) is 3.89. The van der Waals surface area contributed by atoms with Gasteiger partial charge in [-0.2, -0.15) is 0 Å². The Morgan fingerprint density at radius 1 is 1.12 bits per heavy atom. The standard InChI is InChI=1S/C19H24N4O.HI/c1-2-20-19(22-15-18-6-5-13-24-18)21-14-16-7-9-17(10-8-16)23-11-3-4-12-23;/h3-10,13H,2,11-12,14-15H2,1H3,(H2,20,21,22);1H. The monoisotopic (exact) mass is 452 g/mol. The van der Waals surface area contributed by atoms with Gasteiger partial charge in [0, 0.05) is 25.3 Å². The van der Waals surface area contributed by atoms with Gasteiger partial charge in [0.2, 0.25) is 0 Å². The highest BCUT2D eigenvalue weighted by atomic mass is 127. The number of hydrogen-bond donors (Lipinski definition) is 2. The van der Waals surface area contributed by atoms with E-state index in [9.17, 15) is 0 Å². The van der Waals surface area contributed by atoms with Crippen LogP contribution in [0.25, 0.3) is 0 Å². The Morgan fingerprint density at radius 3 is 2.52 bits per heavy atom. The summed E-state index contributed by atoms with van der Waals surface area (Å²) in [6.45, 7) is 6.15. The van der Waals surface area contributed by atoms with Crippen molar-refractivity contribution in [1.82, 2.24) is 10.6 Å². The third-order valence-electron chi connectivity index (χ3n) is 3.89. The Hall–Kier alpha value is -1.96. The molecule has 134 valence electrons. The van der Waals surface area contributed by atoms with Crippen molar-refractivity contribution in [3.8, 4) is 0 Å². The molecule has 0 spiro atoms. The first-order valence-corrected chi connectivity index (χ1v) is 8.38. The number of nitrogens with one attached hydrogen (secondary N) is 2. The van der Waals surface area contributed by atoms with Gasteiger partial charge in [-0.3, -0.25) is 0 Å². The van der Waals surface area contributed by atoms with Crippen LogP contribution in [0.2, 0.25) is 0 Å². The summed E-state index contributed by atoms with van der Waals surface area (Å²) >= 11 is 0. The van der Waals surface area contributed by atoms with E-state index in [0.717, 1.165) is 31.4 Å². The second-order valence-electron chi connectivity index (χ2n) is 5.67. The van der Waals surface area contributed by atoms with Crippen molar-refractivity contribution in [1.29, 1.82) is 0 Å². The quantitative estimate of drug-likeness (QED) is 0.305. The Morgan fingerprint density at radius 2 is 1.88 bits per heavy atom. The highest BCUT2D eigenvalue weighted by molar-refractivity contribution is 14.0. The van der Waals surface area contributed by atoms with E-state index in [1.54, 1.807) is 6.26 Å². The van der Waals surface area contributed by atoms with Crippen LogP contribution in [0.3, 0.4) is 0 Å². The van der Waals surface area contributed by atoms with Crippen LogP contribution < -0.4 is 15.5 Å². The van der Waals surface area contributed by atoms with Gasteiger partial charge in [-0.15, -0.1) is 24.0 Å². The summed E-state index contributed by atoms with van der Waals surface area (Å²) < 4.78 is 5.33. The summed E-state index contributed by atoms with van der Waals surface area (Å²) in [6.07, 6.45) is 6.08. The Labute approximate surface area is 166 Å². The van der Waals surface area contributed by atoms with Crippen LogP contribution in [0.1, 0.15) is 18.2 Å². The molecule has 0 atom stereocenters. The van der Waals surface area contributed by atoms with Gasteiger partial charge >= 0.3 is 0 Å². The van der Waals surface area contributed by atoms with E-state index in [0.29, 0.717) is 13.1 Å². The van der Waals surface area contributed by atoms with Crippen molar-refractivity contribution in [2.45, 2.75) is 20.0 Å². The largest absolute Gasteiger partial charge is 0.467 e. The van der Waals surface area contributed by atoms with Crippen molar-refractivity contribution in [3.63, 3.8) is 0 Å². The molecule has 0 saturated heterocycles. The second-order valence-corrected chi connectivity index (χ2v) is 5.67. The number of anilines is 1. The van der Waals surface area contributed by atoms with E-state index in [1.807, 2.05) is 12.1 Å². The normalized spacial score (nSPS) is 13.6. The van der Waals surface area contributed by atoms with Crippen LogP contribution >= 0.6 is 24.0 Å². The van der Waals surface area contributed by atoms with Gasteiger partial charge in [0.1, 0.15) is 5.76 Å². The molecular formula is C19H25IN4O. The van der Waals surface area contributed by atoms with Crippen LogP contribution in [-0.4, -0.2) is 25.6 Å². The SMILES string of the molecule is CCNC(=NCc1ccc(N2CC=CC2)cc1)NCc1ccco1.I. The van der Waals surface area contributed by atoms with Crippen molar-refractivity contribution in [2.75, 3.05) is 24.5 Å². The lowest BCUT2D eigenvalue weighted by Crippen LogP contribution is -2.36. The summed E-state index contributed by atoms with van der Waals surface area (Å²) in [5.74, 6) is 1.69. The van der Waals surface area contributed by atoms with E-state index in [2.05, 4.69) is 63.9 Å². The predicted octanol–water partition coefficient (Wildman–Crippen LogP) is 3.53. The molecular weight excluding hydrogens is 427 g/mol. The number of halogens is 1. The first-order chi connectivity index (χ1) is 11.8. The maximum Gasteiger partial charge on any atom is 0.191 e. The molecule has 0 amide bonds. The zero-order chi connectivity index (χ0) is 16.6. The lowest BCUT2D eigenvalue weighted by molar-refractivity contribution is 0.501. The molecule has 25 heavy (non-hydrogen) atoms. The van der Waals surface area contributed by atoms with E-state index >= 15 is 0 Å². The zero-order valence-corrected chi connectivity index (χ0v) is 16.8. The average molecular weight is 452 g/mol. The minimum atomic E-state index is 0. The molecule has 2 N–H and O–H groups in total. The van der Waals surface area contributed by atoms with Gasteiger partial charge in [0.15, 0.2) is 5.96 Å². The van der Waals surface area contributed by atoms with Gasteiger partial charge in [-0.25, -0.2) is 4.99 Å². The Balaban J connectivity index is 0.00000225. The summed E-state index contributed by atoms with van der Waals surface area (Å²) in [7, 11) is 0. The molecule has 6 heteroatoms. The summed E-state index contributed by atoms with van der Waals surface area (Å²) in [4.78, 5) is 6.97. The van der Waals surface area contributed by atoms with Crippen LogP contribution in [0.4, 0.5) is 5.69 Å². The Kier molecular flexibility index (Phi) is 7.84. The molecule has 2 aromatic rings. The number of benzene rings is 1. The average Bonchev–Trinajstić information content (AvgIpc) is 3.31. The van der Waals surface area contributed by atoms with Crippen LogP contribution in [0.5, 0.6) is 0 Å². The van der Waals surface area contributed by atoms with Gasteiger partial charge in [0.05, 0.1) is 19.4 Å². The molecule has 0 bridgehead atoms. The van der Waals surface area contributed by atoms with Crippen molar-refractivity contribution in [2.24, 2.45) is 4.99 Å². The van der Waals surface area contributed by atoms with Gasteiger partial charge < -0.3 is 20.0 Å². The second kappa shape index (κ2) is 10.1. The minimum Gasteiger partial charge on any atom is -0.467 e. The number of guanidine groups is 1. The van der Waals surface area contributed by atoms with Gasteiger partial charge in [-0.05, 0) is 36.8 Å². The molecule has 0 unspecified atom stereocenters. The van der Waals surface area contributed by atoms with Crippen molar-refractivity contribution < 1.29 is 4.42 Å². The maximum atomic E-state index is 5.33. The van der Waals surface area contributed by atoms with E-state index in [1.165, 1.54) is 11.3 Å². The number of aliphatic imine (C=N–C) groups is 1. The molecule has 0 saturated carbocycles. The fourth-order valence-electron chi connectivity index (χ4n) is 2.60. The molecule has 2 heterocycles. The lowest BCUT2D eigenvalue weighted by atomic mass is 10.2. The van der Waals surface area contributed by atoms with E-state index in [4.69, 9.17) is 4.42 Å². The molecule has 0 radical (unpaired) electrons. The number of rotatable bonds is 6. The van der Waals surface area contributed by atoms with Crippen molar-refractivity contribution >= 4 is 35.6 Å². The van der Waals surface area contributed by atoms with Crippen molar-refractivity contribution in [3.05, 3.63) is 66.1 Å². The molecule has 1 aromatic heterocycles. The highest BCUT2D eigenvalue weighted by Crippen LogP contribution is 2.17. The van der Waals surface area contributed by atoms with Crippen LogP contribution in [0, 0.1) is 0 Å². The number of furan rings is 1. The predicted molar refractivity (Wildman–Crippen MR) is 114 cm³/mol. The smallest absolute Gasteiger partial charge is 0.191 e. The molecule has 1 aliphatic heterocycles. The molecule has 3 rings (SSSR count). The molecule has 5 nitrogen and oxygen atoms in total. The zero-order valence-electron chi connectivity index (χ0n) is 14.4. The minimum absolute atomic E-state index is 0. The van der Waals surface area contributed by atoms with Crippen LogP contribution in [-0.2, 0) is 13.1 Å². The maximum absolute atomic E-state index is 5.33. The third kappa shape index (κ3) is 5.81. The summed E-state index contributed by atoms with van der Waals surface area (Å²) in [6, 6.07) is 12.5. The highest BCUT2D eigenvalue weighted by Gasteiger charge is 2.07. The van der Waals surface area contributed by atoms with E-state index in [-0.39, 0.29) is 24.0 Å². The molecule has 0 fully saturated rings. The molecule has 1 aliphatic rings. The number of nitrogens with zero attached hydrogens (tertiary/aromatic N) is 2. The fourth-order valence-corrected chi connectivity index (χ4v) is 2.60. The first kappa shape index (κ1) is 19.4. The van der Waals surface area contributed by atoms with Gasteiger partial charge in [0.25, 0.3) is 0 Å². The number of hydrogen-bond acceptors (Lipinski definition) is 3. The summed E-state index contributed by atoms with van der Waals surface area (Å²) in [5.41, 5.74) is 2.46. The first-order valence-electron chi connectivity index (χ1n) is 8.38. The van der Waals surface area contributed by atoms with Crippen LogP contribution in [0.15, 0.2) is 64.2 Å². The Bertz CT molecular complexity index is 672. The lowest BCUT2D eigenvalue weighted by Gasteiger charge is -2.17. The van der Waals surface area contributed by atoms with E-state index < -0.39 is 0 Å². The fraction of sp³-hybridized carbons (Fsp3) is 0.316. The molecule has 1 aromatic carbocycles. The summed E-state index contributed by atoms with van der Waals surface area (Å²) in [5, 5.41) is 6.53. The molecule has 0 aliphatic carbocycles. The topological polar surface area (TPSA) is 52.8 Å².